The fourth-order valence-electron chi connectivity index (χ4n) is 1.56. The zero-order valence-corrected chi connectivity index (χ0v) is 12.9. The van der Waals surface area contributed by atoms with Crippen LogP contribution in [0.1, 0.15) is 13.8 Å². The topological polar surface area (TPSA) is 46.3 Å². The first-order chi connectivity index (χ1) is 8.93. The molecule has 0 saturated heterocycles. The lowest BCUT2D eigenvalue weighted by molar-refractivity contribution is -0.127. The number of thioether (sulfide) groups is 1. The molecule has 0 saturated carbocycles. The highest BCUT2D eigenvalue weighted by atomic mass is 35.5. The lowest BCUT2D eigenvalue weighted by atomic mass is 10.3. The Kier molecular flexibility index (Phi) is 6.25. The van der Waals surface area contributed by atoms with Crippen molar-refractivity contribution in [2.24, 2.45) is 0 Å². The number of carbonyl (C=O) groups excluding carboxylic acids is 1. The van der Waals surface area contributed by atoms with Crippen LogP contribution in [0.25, 0.3) is 0 Å². The molecule has 0 bridgehead atoms. The predicted molar refractivity (Wildman–Crippen MR) is 83.7 cm³/mol. The number of nitrogen functional groups attached to an aromatic ring is 1. The minimum absolute atomic E-state index is 0.0778. The molecule has 0 aliphatic carbocycles. The van der Waals surface area contributed by atoms with Gasteiger partial charge in [-0.25, -0.2) is 0 Å². The monoisotopic (exact) mass is 298 g/mol. The van der Waals surface area contributed by atoms with Gasteiger partial charge >= 0.3 is 0 Å². The molecule has 1 amide bonds. The molecule has 0 aromatic heterocycles. The molecule has 104 valence electrons. The van der Waals surface area contributed by atoms with Gasteiger partial charge in [0.15, 0.2) is 0 Å². The number of likely N-dealkylation sites (N-methyl/N-ethyl adjacent to an activating group) is 1. The zero-order valence-electron chi connectivity index (χ0n) is 11.3. The summed E-state index contributed by atoms with van der Waals surface area (Å²) >= 11 is 7.47. The number of rotatable bonds is 6. The van der Waals surface area contributed by atoms with E-state index in [4.69, 9.17) is 17.3 Å². The van der Waals surface area contributed by atoms with Gasteiger partial charge in [0, 0.05) is 23.7 Å². The lowest BCUT2D eigenvalue weighted by Gasteiger charge is -2.20. The lowest BCUT2D eigenvalue weighted by Crippen LogP contribution is -2.33. The normalized spacial score (nSPS) is 10.3. The summed E-state index contributed by atoms with van der Waals surface area (Å²) in [6.07, 6.45) is 0. The molecule has 0 heterocycles. The van der Waals surface area contributed by atoms with E-state index in [1.54, 1.807) is 23.1 Å². The Morgan fingerprint density at radius 2 is 2.21 bits per heavy atom. The van der Waals surface area contributed by atoms with Crippen LogP contribution in [-0.2, 0) is 4.79 Å². The van der Waals surface area contributed by atoms with Gasteiger partial charge in [-0.3, -0.25) is 4.79 Å². The predicted octanol–water partition coefficient (Wildman–Crippen LogP) is 3.44. The molecule has 0 aliphatic rings. The molecule has 19 heavy (non-hydrogen) atoms. The van der Waals surface area contributed by atoms with Gasteiger partial charge < -0.3 is 10.6 Å². The Labute approximate surface area is 123 Å². The van der Waals surface area contributed by atoms with Gasteiger partial charge in [-0.1, -0.05) is 23.8 Å². The van der Waals surface area contributed by atoms with Crippen molar-refractivity contribution in [2.45, 2.75) is 18.7 Å². The number of benzene rings is 1. The van der Waals surface area contributed by atoms with E-state index in [1.165, 1.54) is 11.8 Å². The highest BCUT2D eigenvalue weighted by molar-refractivity contribution is 8.00. The molecule has 0 fully saturated rings. The van der Waals surface area contributed by atoms with Crippen molar-refractivity contribution in [3.8, 4) is 0 Å². The highest BCUT2D eigenvalue weighted by Gasteiger charge is 2.13. The summed E-state index contributed by atoms with van der Waals surface area (Å²) in [4.78, 5) is 14.7. The maximum absolute atomic E-state index is 12.1. The summed E-state index contributed by atoms with van der Waals surface area (Å²) in [6, 6.07) is 5.28. The minimum atomic E-state index is 0.0778. The minimum Gasteiger partial charge on any atom is -0.399 e. The van der Waals surface area contributed by atoms with E-state index in [-0.39, 0.29) is 5.91 Å². The van der Waals surface area contributed by atoms with Gasteiger partial charge in [0.1, 0.15) is 0 Å². The van der Waals surface area contributed by atoms with Crippen LogP contribution in [-0.4, -0.2) is 29.6 Å². The zero-order chi connectivity index (χ0) is 14.4. The van der Waals surface area contributed by atoms with Crippen molar-refractivity contribution < 1.29 is 4.79 Å². The molecule has 0 spiro atoms. The average Bonchev–Trinajstić information content (AvgIpc) is 2.36. The van der Waals surface area contributed by atoms with Crippen molar-refractivity contribution in [2.75, 3.05) is 24.6 Å². The number of carbonyl (C=O) groups is 1. The van der Waals surface area contributed by atoms with Gasteiger partial charge in [0.2, 0.25) is 5.91 Å². The second-order valence-electron chi connectivity index (χ2n) is 4.34. The van der Waals surface area contributed by atoms with Gasteiger partial charge in [-0.2, -0.15) is 0 Å². The Balaban J connectivity index is 2.62. The third kappa shape index (κ3) is 5.17. The van der Waals surface area contributed by atoms with Crippen molar-refractivity contribution in [1.29, 1.82) is 0 Å². The molecule has 2 N–H and O–H groups in total. The first-order valence-electron chi connectivity index (χ1n) is 6.04. The molecule has 1 aromatic rings. The van der Waals surface area contributed by atoms with E-state index in [9.17, 15) is 4.79 Å². The quantitative estimate of drug-likeness (QED) is 0.497. The Hall–Kier alpha value is -1.13. The fraction of sp³-hybridized carbons (Fsp3) is 0.357. The van der Waals surface area contributed by atoms with E-state index in [0.717, 1.165) is 10.5 Å². The molecule has 0 aliphatic heterocycles. The SMILES string of the molecule is C=C(C)CN(CC)C(=O)CSc1cc(N)ccc1Cl. The molecule has 0 atom stereocenters. The molecular weight excluding hydrogens is 280 g/mol. The first-order valence-corrected chi connectivity index (χ1v) is 7.40. The Morgan fingerprint density at radius 3 is 2.79 bits per heavy atom. The summed E-state index contributed by atoms with van der Waals surface area (Å²) in [7, 11) is 0. The molecule has 0 unspecified atom stereocenters. The van der Waals surface area contributed by atoms with Gasteiger partial charge in [-0.05, 0) is 32.0 Å². The van der Waals surface area contributed by atoms with E-state index in [2.05, 4.69) is 6.58 Å². The molecule has 0 radical (unpaired) electrons. The highest BCUT2D eigenvalue weighted by Crippen LogP contribution is 2.29. The Bertz CT molecular complexity index is 477. The summed E-state index contributed by atoms with van der Waals surface area (Å²) in [5.41, 5.74) is 7.33. The third-order valence-electron chi connectivity index (χ3n) is 2.50. The summed E-state index contributed by atoms with van der Waals surface area (Å²) in [5, 5.41) is 0.620. The van der Waals surface area contributed by atoms with E-state index in [0.29, 0.717) is 29.6 Å². The van der Waals surface area contributed by atoms with Crippen LogP contribution in [0.4, 0.5) is 5.69 Å². The maximum atomic E-state index is 12.1. The Morgan fingerprint density at radius 1 is 1.53 bits per heavy atom. The van der Waals surface area contributed by atoms with Crippen LogP contribution in [0, 0.1) is 0 Å². The van der Waals surface area contributed by atoms with E-state index >= 15 is 0 Å². The van der Waals surface area contributed by atoms with E-state index in [1.807, 2.05) is 13.8 Å². The van der Waals surface area contributed by atoms with Crippen molar-refractivity contribution in [3.63, 3.8) is 0 Å². The largest absolute Gasteiger partial charge is 0.399 e. The maximum Gasteiger partial charge on any atom is 0.233 e. The van der Waals surface area contributed by atoms with Gasteiger partial charge in [0.05, 0.1) is 10.8 Å². The summed E-state index contributed by atoms with van der Waals surface area (Å²) in [6.45, 7) is 8.98. The smallest absolute Gasteiger partial charge is 0.233 e. The summed E-state index contributed by atoms with van der Waals surface area (Å²) < 4.78 is 0. The van der Waals surface area contributed by atoms with Crippen LogP contribution < -0.4 is 5.73 Å². The number of nitrogens with zero attached hydrogens (tertiary/aromatic N) is 1. The van der Waals surface area contributed by atoms with Crippen molar-refractivity contribution >= 4 is 35.0 Å². The van der Waals surface area contributed by atoms with Crippen molar-refractivity contribution in [1.82, 2.24) is 4.90 Å². The number of hydrogen-bond acceptors (Lipinski definition) is 3. The number of hydrogen-bond donors (Lipinski definition) is 1. The van der Waals surface area contributed by atoms with Gasteiger partial charge in [-0.15, -0.1) is 11.8 Å². The van der Waals surface area contributed by atoms with Crippen LogP contribution in [0.2, 0.25) is 5.02 Å². The van der Waals surface area contributed by atoms with E-state index < -0.39 is 0 Å². The third-order valence-corrected chi connectivity index (χ3v) is 3.98. The van der Waals surface area contributed by atoms with Crippen LogP contribution >= 0.6 is 23.4 Å². The molecule has 1 rings (SSSR count). The standard InChI is InChI=1S/C14H19ClN2OS/c1-4-17(8-10(2)3)14(18)9-19-13-7-11(16)5-6-12(13)15/h5-7H,2,4,8-9,16H2,1,3H3. The second kappa shape index (κ2) is 7.46. The number of anilines is 1. The number of amides is 1. The summed E-state index contributed by atoms with van der Waals surface area (Å²) in [5.74, 6) is 0.429. The fourth-order valence-corrected chi connectivity index (χ4v) is 2.73. The van der Waals surface area contributed by atoms with Crippen LogP contribution in [0.3, 0.4) is 0 Å². The second-order valence-corrected chi connectivity index (χ2v) is 5.77. The molecule has 5 heteroatoms. The molecule has 1 aromatic carbocycles. The van der Waals surface area contributed by atoms with Gasteiger partial charge in [0.25, 0.3) is 0 Å². The average molecular weight is 299 g/mol. The van der Waals surface area contributed by atoms with Crippen LogP contribution in [0.15, 0.2) is 35.2 Å². The molecular formula is C14H19ClN2OS. The number of halogens is 1. The number of nitrogens with two attached hydrogens (primary N) is 1. The van der Waals surface area contributed by atoms with Crippen LogP contribution in [0.5, 0.6) is 0 Å². The first kappa shape index (κ1) is 15.9. The molecule has 3 nitrogen and oxygen atoms in total. The van der Waals surface area contributed by atoms with Crippen molar-refractivity contribution in [3.05, 3.63) is 35.4 Å².